The van der Waals surface area contributed by atoms with E-state index in [4.69, 9.17) is 0 Å². The van der Waals surface area contributed by atoms with Crippen LogP contribution in [0.25, 0.3) is 0 Å². The smallest absolute Gasteiger partial charge is 0.226 e. The molecular formula is C22H24N2O2. The number of carbonyl (C=O) groups excluding carboxylic acids is 2. The van der Waals surface area contributed by atoms with Crippen LogP contribution in [-0.2, 0) is 29.1 Å². The van der Waals surface area contributed by atoms with E-state index in [1.54, 1.807) is 0 Å². The van der Waals surface area contributed by atoms with Gasteiger partial charge in [-0.05, 0) is 42.0 Å². The zero-order valence-electron chi connectivity index (χ0n) is 15.1. The van der Waals surface area contributed by atoms with Crippen LogP contribution in [0.5, 0.6) is 0 Å². The minimum Gasteiger partial charge on any atom is -0.352 e. The van der Waals surface area contributed by atoms with Crippen LogP contribution in [0.4, 0.5) is 0 Å². The highest BCUT2D eigenvalue weighted by Gasteiger charge is 2.49. The lowest BCUT2D eigenvalue weighted by atomic mass is 9.99. The summed E-state index contributed by atoms with van der Waals surface area (Å²) in [5, 5.41) is 3.00. The van der Waals surface area contributed by atoms with E-state index in [9.17, 15) is 9.59 Å². The standard InChI is InChI=1S/C22H24N2O2/c1-15-6-2-3-8-17(15)13-23-21(25)19-12-20(19)22(26)24-11-10-16-7-4-5-9-18(16)14-24/h2-9,19-20H,10-14H2,1H3,(H,23,25). The number of hydrogen-bond acceptors (Lipinski definition) is 2. The van der Waals surface area contributed by atoms with E-state index in [1.165, 1.54) is 16.7 Å². The van der Waals surface area contributed by atoms with Gasteiger partial charge in [0.15, 0.2) is 0 Å². The van der Waals surface area contributed by atoms with Crippen LogP contribution in [0.3, 0.4) is 0 Å². The summed E-state index contributed by atoms with van der Waals surface area (Å²) in [6, 6.07) is 16.3. The Balaban J connectivity index is 1.31. The molecule has 134 valence electrons. The van der Waals surface area contributed by atoms with Crippen molar-refractivity contribution in [2.75, 3.05) is 6.54 Å². The summed E-state index contributed by atoms with van der Waals surface area (Å²) in [7, 11) is 0. The predicted molar refractivity (Wildman–Crippen MR) is 100 cm³/mol. The van der Waals surface area contributed by atoms with E-state index in [-0.39, 0.29) is 23.7 Å². The van der Waals surface area contributed by atoms with Gasteiger partial charge in [0.05, 0.1) is 11.8 Å². The van der Waals surface area contributed by atoms with E-state index < -0.39 is 0 Å². The average molecular weight is 348 g/mol. The minimum atomic E-state index is -0.163. The number of fused-ring (bicyclic) bond motifs is 1. The Morgan fingerprint density at radius 1 is 1.04 bits per heavy atom. The lowest BCUT2D eigenvalue weighted by Gasteiger charge is -2.29. The molecule has 2 amide bonds. The Morgan fingerprint density at radius 3 is 2.58 bits per heavy atom. The maximum atomic E-state index is 12.8. The molecule has 1 aliphatic carbocycles. The molecule has 2 atom stereocenters. The minimum absolute atomic E-state index is 0.00372. The van der Waals surface area contributed by atoms with Crippen molar-refractivity contribution in [3.63, 3.8) is 0 Å². The molecule has 0 bridgehead atoms. The molecule has 0 saturated heterocycles. The number of benzene rings is 2. The van der Waals surface area contributed by atoms with E-state index in [2.05, 4.69) is 17.4 Å². The number of aryl methyl sites for hydroxylation is 1. The number of hydrogen-bond donors (Lipinski definition) is 1. The summed E-state index contributed by atoms with van der Waals surface area (Å²) in [6.45, 7) is 3.99. The number of carbonyl (C=O) groups is 2. The second kappa shape index (κ2) is 6.94. The average Bonchev–Trinajstić information content (AvgIpc) is 3.47. The van der Waals surface area contributed by atoms with Crippen LogP contribution in [0.1, 0.15) is 28.7 Å². The summed E-state index contributed by atoms with van der Waals surface area (Å²) in [5.41, 5.74) is 4.85. The molecule has 2 aromatic carbocycles. The molecule has 0 aromatic heterocycles. The number of nitrogens with zero attached hydrogens (tertiary/aromatic N) is 1. The van der Waals surface area contributed by atoms with Crippen molar-refractivity contribution in [3.05, 3.63) is 70.8 Å². The molecule has 26 heavy (non-hydrogen) atoms. The van der Waals surface area contributed by atoms with Crippen LogP contribution in [0.15, 0.2) is 48.5 Å². The molecule has 1 N–H and O–H groups in total. The van der Waals surface area contributed by atoms with Crippen LogP contribution in [0, 0.1) is 18.8 Å². The summed E-state index contributed by atoms with van der Waals surface area (Å²) >= 11 is 0. The SMILES string of the molecule is Cc1ccccc1CNC(=O)C1CC1C(=O)N1CCc2ccccc2C1. The molecule has 0 radical (unpaired) electrons. The van der Waals surface area contributed by atoms with Crippen molar-refractivity contribution in [1.29, 1.82) is 0 Å². The fourth-order valence-electron chi connectivity index (χ4n) is 3.80. The van der Waals surface area contributed by atoms with Gasteiger partial charge in [-0.1, -0.05) is 48.5 Å². The highest BCUT2D eigenvalue weighted by Crippen LogP contribution is 2.41. The van der Waals surface area contributed by atoms with E-state index in [0.717, 1.165) is 18.5 Å². The Morgan fingerprint density at radius 2 is 1.77 bits per heavy atom. The first-order valence-electron chi connectivity index (χ1n) is 9.31. The molecule has 4 rings (SSSR count). The predicted octanol–water partition coefficient (Wildman–Crippen LogP) is 2.83. The van der Waals surface area contributed by atoms with E-state index in [0.29, 0.717) is 19.5 Å². The summed E-state index contributed by atoms with van der Waals surface area (Å²) < 4.78 is 0. The van der Waals surface area contributed by atoms with Gasteiger partial charge in [0.1, 0.15) is 0 Å². The molecule has 1 saturated carbocycles. The van der Waals surface area contributed by atoms with Gasteiger partial charge in [0.25, 0.3) is 0 Å². The van der Waals surface area contributed by atoms with Gasteiger partial charge in [-0.2, -0.15) is 0 Å². The third-order valence-electron chi connectivity index (χ3n) is 5.60. The summed E-state index contributed by atoms with van der Waals surface area (Å²) in [6.07, 6.45) is 1.58. The maximum absolute atomic E-state index is 12.8. The zero-order valence-corrected chi connectivity index (χ0v) is 15.1. The molecular weight excluding hydrogens is 324 g/mol. The third-order valence-corrected chi connectivity index (χ3v) is 5.60. The van der Waals surface area contributed by atoms with Gasteiger partial charge in [0, 0.05) is 19.6 Å². The molecule has 0 spiro atoms. The molecule has 1 aliphatic heterocycles. The summed E-state index contributed by atoms with van der Waals surface area (Å²) in [4.78, 5) is 27.1. The number of amides is 2. The Hall–Kier alpha value is -2.62. The van der Waals surface area contributed by atoms with Crippen molar-refractivity contribution in [2.24, 2.45) is 11.8 Å². The Labute approximate surface area is 154 Å². The number of rotatable bonds is 4. The Kier molecular flexibility index (Phi) is 4.49. The van der Waals surface area contributed by atoms with E-state index in [1.807, 2.05) is 48.2 Å². The third kappa shape index (κ3) is 3.36. The first kappa shape index (κ1) is 16.8. The van der Waals surface area contributed by atoms with Crippen molar-refractivity contribution >= 4 is 11.8 Å². The highest BCUT2D eigenvalue weighted by atomic mass is 16.2. The van der Waals surface area contributed by atoms with Crippen LogP contribution in [-0.4, -0.2) is 23.3 Å². The monoisotopic (exact) mass is 348 g/mol. The second-order valence-corrected chi connectivity index (χ2v) is 7.37. The second-order valence-electron chi connectivity index (χ2n) is 7.37. The first-order valence-corrected chi connectivity index (χ1v) is 9.31. The summed E-state index contributed by atoms with van der Waals surface area (Å²) in [5.74, 6) is -0.166. The van der Waals surface area contributed by atoms with Crippen molar-refractivity contribution in [3.8, 4) is 0 Å². The van der Waals surface area contributed by atoms with Gasteiger partial charge in [-0.3, -0.25) is 9.59 Å². The van der Waals surface area contributed by atoms with Crippen molar-refractivity contribution in [1.82, 2.24) is 10.2 Å². The van der Waals surface area contributed by atoms with Gasteiger partial charge in [-0.25, -0.2) is 0 Å². The van der Waals surface area contributed by atoms with Gasteiger partial charge < -0.3 is 10.2 Å². The van der Waals surface area contributed by atoms with Crippen LogP contribution >= 0.6 is 0 Å². The van der Waals surface area contributed by atoms with Crippen molar-refractivity contribution in [2.45, 2.75) is 32.9 Å². The van der Waals surface area contributed by atoms with Gasteiger partial charge >= 0.3 is 0 Å². The zero-order chi connectivity index (χ0) is 18.1. The van der Waals surface area contributed by atoms with Crippen molar-refractivity contribution < 1.29 is 9.59 Å². The number of nitrogens with one attached hydrogen (secondary N) is 1. The molecule has 2 aliphatic rings. The molecule has 2 aromatic rings. The molecule has 2 unspecified atom stereocenters. The maximum Gasteiger partial charge on any atom is 0.226 e. The van der Waals surface area contributed by atoms with Gasteiger partial charge in [-0.15, -0.1) is 0 Å². The molecule has 4 heteroatoms. The van der Waals surface area contributed by atoms with Gasteiger partial charge in [0.2, 0.25) is 11.8 Å². The lowest BCUT2D eigenvalue weighted by Crippen LogP contribution is -2.38. The Bertz CT molecular complexity index is 846. The van der Waals surface area contributed by atoms with Crippen LogP contribution < -0.4 is 5.32 Å². The normalized spacial score (nSPS) is 21.0. The van der Waals surface area contributed by atoms with E-state index >= 15 is 0 Å². The van der Waals surface area contributed by atoms with Crippen LogP contribution in [0.2, 0.25) is 0 Å². The first-order chi connectivity index (χ1) is 12.6. The topological polar surface area (TPSA) is 49.4 Å². The molecule has 1 heterocycles. The quantitative estimate of drug-likeness (QED) is 0.924. The lowest BCUT2D eigenvalue weighted by molar-refractivity contribution is -0.135. The molecule has 1 fully saturated rings. The fraction of sp³-hybridized carbons (Fsp3) is 0.364. The highest BCUT2D eigenvalue weighted by molar-refractivity contribution is 5.92. The largest absolute Gasteiger partial charge is 0.352 e. The molecule has 4 nitrogen and oxygen atoms in total. The fourth-order valence-corrected chi connectivity index (χ4v) is 3.80.